The number of benzene rings is 2. The third kappa shape index (κ3) is 3.48. The average molecular weight is 384 g/mol. The summed E-state index contributed by atoms with van der Waals surface area (Å²) in [6, 6.07) is 9.27. The van der Waals surface area contributed by atoms with E-state index in [4.69, 9.17) is 0 Å². The molecule has 0 N–H and O–H groups in total. The lowest BCUT2D eigenvalue weighted by atomic mass is 10.0. The molecule has 3 rings (SSSR count). The Labute approximate surface area is 146 Å². The number of alkyl halides is 3. The zero-order chi connectivity index (χ0) is 19.1. The molecular weight excluding hydrogens is 372 g/mol. The van der Waals surface area contributed by atoms with Gasteiger partial charge in [-0.05, 0) is 42.5 Å². The standard InChI is InChI=1S/C17H12F4N2O2S/c1-26(24,25)13-6-7-14(15(10-13)17(19,20)21)16-8-9-22-23(16)12-4-2-11(18)3-5-12/h2-10H,1H3. The first-order chi connectivity index (χ1) is 12.1. The molecule has 0 atom stereocenters. The van der Waals surface area contributed by atoms with Gasteiger partial charge >= 0.3 is 6.18 Å². The van der Waals surface area contributed by atoms with Crippen LogP contribution >= 0.6 is 0 Å². The monoisotopic (exact) mass is 384 g/mol. The van der Waals surface area contributed by atoms with Crippen molar-refractivity contribution in [3.05, 3.63) is 66.1 Å². The highest BCUT2D eigenvalue weighted by Gasteiger charge is 2.35. The molecular formula is C17H12F4N2O2S. The Morgan fingerprint density at radius 2 is 1.65 bits per heavy atom. The highest BCUT2D eigenvalue weighted by molar-refractivity contribution is 7.90. The van der Waals surface area contributed by atoms with Gasteiger partial charge in [-0.25, -0.2) is 17.5 Å². The van der Waals surface area contributed by atoms with Crippen molar-refractivity contribution in [1.29, 1.82) is 0 Å². The van der Waals surface area contributed by atoms with Crippen molar-refractivity contribution in [2.45, 2.75) is 11.1 Å². The lowest BCUT2D eigenvalue weighted by Crippen LogP contribution is -2.11. The molecule has 0 unspecified atom stereocenters. The molecule has 0 fully saturated rings. The van der Waals surface area contributed by atoms with Crippen LogP contribution < -0.4 is 0 Å². The SMILES string of the molecule is CS(=O)(=O)c1ccc(-c2ccnn2-c2ccc(F)cc2)c(C(F)(F)F)c1. The number of rotatable bonds is 3. The topological polar surface area (TPSA) is 52.0 Å². The number of nitrogens with zero attached hydrogens (tertiary/aromatic N) is 2. The predicted molar refractivity (Wildman–Crippen MR) is 87.1 cm³/mol. The highest BCUT2D eigenvalue weighted by atomic mass is 32.2. The molecule has 136 valence electrons. The van der Waals surface area contributed by atoms with Crippen LogP contribution in [0.3, 0.4) is 0 Å². The normalized spacial score (nSPS) is 12.3. The van der Waals surface area contributed by atoms with Crippen LogP contribution in [0.25, 0.3) is 16.9 Å². The Kier molecular flexibility index (Phi) is 4.35. The smallest absolute Gasteiger partial charge is 0.233 e. The summed E-state index contributed by atoms with van der Waals surface area (Å²) in [5.41, 5.74) is -0.855. The summed E-state index contributed by atoms with van der Waals surface area (Å²) < 4.78 is 78.1. The van der Waals surface area contributed by atoms with Crippen LogP contribution in [0.2, 0.25) is 0 Å². The molecule has 0 aliphatic rings. The Hall–Kier alpha value is -2.68. The third-order valence-electron chi connectivity index (χ3n) is 3.71. The fourth-order valence-corrected chi connectivity index (χ4v) is 3.15. The van der Waals surface area contributed by atoms with Gasteiger partial charge in [-0.1, -0.05) is 6.07 Å². The molecule has 1 heterocycles. The molecule has 26 heavy (non-hydrogen) atoms. The van der Waals surface area contributed by atoms with E-state index in [2.05, 4.69) is 5.10 Å². The second-order valence-electron chi connectivity index (χ2n) is 5.58. The van der Waals surface area contributed by atoms with E-state index in [1.54, 1.807) is 0 Å². The van der Waals surface area contributed by atoms with Gasteiger partial charge < -0.3 is 0 Å². The van der Waals surface area contributed by atoms with Crippen LogP contribution in [0.1, 0.15) is 5.56 Å². The first-order valence-electron chi connectivity index (χ1n) is 7.29. The van der Waals surface area contributed by atoms with Crippen molar-refractivity contribution >= 4 is 9.84 Å². The predicted octanol–water partition coefficient (Wildman–Crippen LogP) is 4.10. The van der Waals surface area contributed by atoms with Gasteiger partial charge in [0, 0.05) is 11.8 Å². The van der Waals surface area contributed by atoms with Crippen molar-refractivity contribution in [2.24, 2.45) is 0 Å². The molecule has 0 bridgehead atoms. The van der Waals surface area contributed by atoms with E-state index in [0.29, 0.717) is 11.8 Å². The van der Waals surface area contributed by atoms with Gasteiger partial charge in [0.05, 0.1) is 28.0 Å². The third-order valence-corrected chi connectivity index (χ3v) is 4.82. The summed E-state index contributed by atoms with van der Waals surface area (Å²) in [7, 11) is -3.80. The first kappa shape index (κ1) is 18.1. The molecule has 3 aromatic rings. The number of hydrogen-bond acceptors (Lipinski definition) is 3. The van der Waals surface area contributed by atoms with Gasteiger partial charge in [-0.2, -0.15) is 18.3 Å². The fraction of sp³-hybridized carbons (Fsp3) is 0.118. The van der Waals surface area contributed by atoms with E-state index >= 15 is 0 Å². The van der Waals surface area contributed by atoms with E-state index in [-0.39, 0.29) is 11.3 Å². The summed E-state index contributed by atoms with van der Waals surface area (Å²) >= 11 is 0. The van der Waals surface area contributed by atoms with E-state index in [0.717, 1.165) is 30.5 Å². The van der Waals surface area contributed by atoms with E-state index in [1.807, 2.05) is 0 Å². The first-order valence-corrected chi connectivity index (χ1v) is 9.18. The van der Waals surface area contributed by atoms with Crippen LogP contribution in [-0.4, -0.2) is 24.5 Å². The highest BCUT2D eigenvalue weighted by Crippen LogP contribution is 2.38. The van der Waals surface area contributed by atoms with Crippen LogP contribution in [0.4, 0.5) is 17.6 Å². The number of sulfone groups is 1. The maximum atomic E-state index is 13.5. The summed E-state index contributed by atoms with van der Waals surface area (Å²) in [5, 5.41) is 4.00. The Balaban J connectivity index is 2.22. The lowest BCUT2D eigenvalue weighted by molar-refractivity contribution is -0.137. The molecule has 0 radical (unpaired) electrons. The van der Waals surface area contributed by atoms with E-state index in [1.165, 1.54) is 29.1 Å². The molecule has 1 aromatic heterocycles. The number of halogens is 4. The molecule has 0 saturated heterocycles. The van der Waals surface area contributed by atoms with Gasteiger partial charge in [-0.3, -0.25) is 0 Å². The van der Waals surface area contributed by atoms with E-state index in [9.17, 15) is 26.0 Å². The molecule has 0 amide bonds. The average Bonchev–Trinajstić information content (AvgIpc) is 3.02. The van der Waals surface area contributed by atoms with E-state index < -0.39 is 32.3 Å². The Morgan fingerprint density at radius 1 is 1.00 bits per heavy atom. The van der Waals surface area contributed by atoms with Crippen molar-refractivity contribution in [3.63, 3.8) is 0 Å². The van der Waals surface area contributed by atoms with Gasteiger partial charge in [0.25, 0.3) is 0 Å². The van der Waals surface area contributed by atoms with Crippen molar-refractivity contribution in [2.75, 3.05) is 6.26 Å². The van der Waals surface area contributed by atoms with Gasteiger partial charge in [0.2, 0.25) is 0 Å². The largest absolute Gasteiger partial charge is 0.417 e. The second-order valence-corrected chi connectivity index (χ2v) is 7.60. The summed E-state index contributed by atoms with van der Waals surface area (Å²) in [5.74, 6) is -0.490. The number of aromatic nitrogens is 2. The number of hydrogen-bond donors (Lipinski definition) is 0. The quantitative estimate of drug-likeness (QED) is 0.639. The van der Waals surface area contributed by atoms with Crippen LogP contribution in [-0.2, 0) is 16.0 Å². The molecule has 0 spiro atoms. The maximum absolute atomic E-state index is 13.5. The summed E-state index contributed by atoms with van der Waals surface area (Å²) in [6.45, 7) is 0. The minimum absolute atomic E-state index is 0.101. The lowest BCUT2D eigenvalue weighted by Gasteiger charge is -2.15. The van der Waals surface area contributed by atoms with Gasteiger partial charge in [-0.15, -0.1) is 0 Å². The molecule has 0 aliphatic heterocycles. The zero-order valence-corrected chi connectivity index (χ0v) is 14.1. The molecule has 2 aromatic carbocycles. The van der Waals surface area contributed by atoms with Crippen LogP contribution in [0.5, 0.6) is 0 Å². The fourth-order valence-electron chi connectivity index (χ4n) is 2.51. The van der Waals surface area contributed by atoms with Gasteiger partial charge in [0.1, 0.15) is 5.82 Å². The molecule has 4 nitrogen and oxygen atoms in total. The summed E-state index contributed by atoms with van der Waals surface area (Å²) in [6.07, 6.45) is -2.62. The minimum Gasteiger partial charge on any atom is -0.233 e. The molecule has 9 heteroatoms. The van der Waals surface area contributed by atoms with Crippen molar-refractivity contribution in [1.82, 2.24) is 9.78 Å². The second kappa shape index (κ2) is 6.24. The van der Waals surface area contributed by atoms with Gasteiger partial charge in [0.15, 0.2) is 9.84 Å². The van der Waals surface area contributed by atoms with Crippen molar-refractivity contribution < 1.29 is 26.0 Å². The maximum Gasteiger partial charge on any atom is 0.417 e. The summed E-state index contributed by atoms with van der Waals surface area (Å²) in [4.78, 5) is -0.429. The van der Waals surface area contributed by atoms with Crippen LogP contribution in [0, 0.1) is 5.82 Å². The van der Waals surface area contributed by atoms with Crippen molar-refractivity contribution in [3.8, 4) is 16.9 Å². The molecule has 0 saturated carbocycles. The minimum atomic E-state index is -4.77. The Bertz CT molecular complexity index is 1060. The molecule has 0 aliphatic carbocycles. The van der Waals surface area contributed by atoms with Crippen LogP contribution in [0.15, 0.2) is 59.6 Å². The Morgan fingerprint density at radius 3 is 2.23 bits per heavy atom. The zero-order valence-electron chi connectivity index (χ0n) is 13.3.